The van der Waals surface area contributed by atoms with Crippen LogP contribution in [0.25, 0.3) is 0 Å². The van der Waals surface area contributed by atoms with Crippen LogP contribution in [0.1, 0.15) is 29.3 Å². The van der Waals surface area contributed by atoms with Gasteiger partial charge in [0.05, 0.1) is 12.5 Å². The Morgan fingerprint density at radius 1 is 1.15 bits per heavy atom. The van der Waals surface area contributed by atoms with Crippen LogP contribution in [0.2, 0.25) is 0 Å². The number of carbonyl (C=O) groups excluding carboxylic acids is 1. The molecule has 3 heteroatoms. The van der Waals surface area contributed by atoms with Crippen LogP contribution in [-0.4, -0.2) is 5.78 Å². The number of carbonyl (C=O) groups is 1. The first-order valence-electron chi connectivity index (χ1n) is 6.50. The van der Waals surface area contributed by atoms with E-state index in [1.165, 1.54) is 0 Å². The second kappa shape index (κ2) is 6.53. The first kappa shape index (κ1) is 13.8. The Hall–Kier alpha value is -2.60. The highest BCUT2D eigenvalue weighted by Gasteiger charge is 2.05. The third-order valence-corrected chi connectivity index (χ3v) is 2.92. The lowest BCUT2D eigenvalue weighted by atomic mass is 10.1. The molecule has 0 unspecified atom stereocenters. The van der Waals surface area contributed by atoms with Crippen LogP contribution < -0.4 is 4.74 Å². The minimum absolute atomic E-state index is 0.0971. The van der Waals surface area contributed by atoms with Crippen molar-refractivity contribution in [2.24, 2.45) is 0 Å². The predicted molar refractivity (Wildman–Crippen MR) is 76.9 cm³/mol. The lowest BCUT2D eigenvalue weighted by molar-refractivity contribution is 0.0988. The molecule has 0 bridgehead atoms. The maximum atomic E-state index is 11.6. The topological polar surface area (TPSA) is 50.1 Å². The van der Waals surface area contributed by atoms with Gasteiger partial charge in [0.2, 0.25) is 0 Å². The molecule has 0 radical (unpaired) electrons. The molecule has 2 rings (SSSR count). The Morgan fingerprint density at radius 3 is 2.55 bits per heavy atom. The standard InChI is InChI=1S/C17H15NO2/c1-2-17(19)14-4-3-5-16(12-14)20-15-8-6-13(7-9-15)10-11-18/h3-9,12H,2,10H2,1H3. The molecular weight excluding hydrogens is 250 g/mol. The average Bonchev–Trinajstić information content (AvgIpc) is 2.49. The molecule has 0 atom stereocenters. The lowest BCUT2D eigenvalue weighted by Gasteiger charge is -2.07. The molecule has 0 aliphatic heterocycles. The first-order valence-corrected chi connectivity index (χ1v) is 6.50. The van der Waals surface area contributed by atoms with Crippen molar-refractivity contribution in [2.45, 2.75) is 19.8 Å². The molecule has 0 spiro atoms. The first-order chi connectivity index (χ1) is 9.72. The van der Waals surface area contributed by atoms with Crippen LogP contribution in [-0.2, 0) is 6.42 Å². The molecule has 0 amide bonds. The number of nitriles is 1. The second-order valence-electron chi connectivity index (χ2n) is 4.39. The predicted octanol–water partition coefficient (Wildman–Crippen LogP) is 4.14. The number of hydrogen-bond donors (Lipinski definition) is 0. The molecule has 0 heterocycles. The monoisotopic (exact) mass is 265 g/mol. The van der Waals surface area contributed by atoms with Gasteiger partial charge in [-0.2, -0.15) is 5.26 Å². The Labute approximate surface area is 118 Å². The van der Waals surface area contributed by atoms with E-state index in [4.69, 9.17) is 10.00 Å². The van der Waals surface area contributed by atoms with E-state index in [0.717, 1.165) is 5.56 Å². The zero-order chi connectivity index (χ0) is 14.4. The Kier molecular flexibility index (Phi) is 4.52. The number of Topliss-reactive ketones (excluding diaryl/α,β-unsaturated/α-hetero) is 1. The molecule has 0 saturated heterocycles. The molecule has 0 aliphatic carbocycles. The number of hydrogen-bond acceptors (Lipinski definition) is 3. The van der Waals surface area contributed by atoms with E-state index in [0.29, 0.717) is 29.9 Å². The molecule has 0 aliphatic rings. The van der Waals surface area contributed by atoms with Gasteiger partial charge < -0.3 is 4.74 Å². The summed E-state index contributed by atoms with van der Waals surface area (Å²) >= 11 is 0. The summed E-state index contributed by atoms with van der Waals surface area (Å²) in [5.41, 5.74) is 1.61. The van der Waals surface area contributed by atoms with Gasteiger partial charge in [0, 0.05) is 12.0 Å². The van der Waals surface area contributed by atoms with Gasteiger partial charge in [-0.15, -0.1) is 0 Å². The number of benzene rings is 2. The van der Waals surface area contributed by atoms with Gasteiger partial charge in [-0.3, -0.25) is 4.79 Å². The largest absolute Gasteiger partial charge is 0.457 e. The quantitative estimate of drug-likeness (QED) is 0.763. The summed E-state index contributed by atoms with van der Waals surface area (Å²) in [5, 5.41) is 8.62. The SMILES string of the molecule is CCC(=O)c1cccc(Oc2ccc(CC#N)cc2)c1. The third-order valence-electron chi connectivity index (χ3n) is 2.92. The van der Waals surface area contributed by atoms with Gasteiger partial charge in [0.15, 0.2) is 5.78 Å². The van der Waals surface area contributed by atoms with E-state index in [9.17, 15) is 4.79 Å². The van der Waals surface area contributed by atoms with Crippen LogP contribution >= 0.6 is 0 Å². The van der Waals surface area contributed by atoms with E-state index in [-0.39, 0.29) is 5.78 Å². The Bertz CT molecular complexity index is 639. The molecule has 0 N–H and O–H groups in total. The summed E-state index contributed by atoms with van der Waals surface area (Å²) < 4.78 is 5.71. The summed E-state index contributed by atoms with van der Waals surface area (Å²) in [5.74, 6) is 1.42. The van der Waals surface area contributed by atoms with E-state index >= 15 is 0 Å². The van der Waals surface area contributed by atoms with Crippen LogP contribution in [0.4, 0.5) is 0 Å². The number of nitrogens with zero attached hydrogens (tertiary/aromatic N) is 1. The molecule has 0 aromatic heterocycles. The van der Waals surface area contributed by atoms with E-state index in [1.807, 2.05) is 43.3 Å². The summed E-state index contributed by atoms with van der Waals surface area (Å²) in [6.07, 6.45) is 0.868. The molecule has 2 aromatic carbocycles. The van der Waals surface area contributed by atoms with Crippen molar-refractivity contribution in [3.05, 3.63) is 59.7 Å². The zero-order valence-corrected chi connectivity index (χ0v) is 11.3. The summed E-state index contributed by atoms with van der Waals surface area (Å²) in [6, 6.07) is 16.6. The van der Waals surface area contributed by atoms with E-state index in [2.05, 4.69) is 6.07 Å². The van der Waals surface area contributed by atoms with Gasteiger partial charge in [0.25, 0.3) is 0 Å². The maximum Gasteiger partial charge on any atom is 0.162 e. The molecule has 20 heavy (non-hydrogen) atoms. The second-order valence-corrected chi connectivity index (χ2v) is 4.39. The highest BCUT2D eigenvalue weighted by molar-refractivity contribution is 5.96. The smallest absolute Gasteiger partial charge is 0.162 e. The van der Waals surface area contributed by atoms with Gasteiger partial charge in [-0.05, 0) is 29.8 Å². The minimum atomic E-state index is 0.0971. The summed E-state index contributed by atoms with van der Waals surface area (Å²) in [6.45, 7) is 1.84. The molecule has 100 valence electrons. The van der Waals surface area contributed by atoms with Crippen LogP contribution in [0, 0.1) is 11.3 Å². The highest BCUT2D eigenvalue weighted by atomic mass is 16.5. The highest BCUT2D eigenvalue weighted by Crippen LogP contribution is 2.23. The van der Waals surface area contributed by atoms with Gasteiger partial charge in [-0.1, -0.05) is 31.2 Å². The Morgan fingerprint density at radius 2 is 1.90 bits per heavy atom. The van der Waals surface area contributed by atoms with Crippen molar-refractivity contribution in [1.82, 2.24) is 0 Å². The third kappa shape index (κ3) is 3.46. The van der Waals surface area contributed by atoms with Gasteiger partial charge in [-0.25, -0.2) is 0 Å². The number of rotatable bonds is 5. The fourth-order valence-corrected chi connectivity index (χ4v) is 1.84. The molecule has 0 fully saturated rings. The van der Waals surface area contributed by atoms with Crippen LogP contribution in [0.3, 0.4) is 0 Å². The Balaban J connectivity index is 2.13. The fraction of sp³-hybridized carbons (Fsp3) is 0.176. The lowest BCUT2D eigenvalue weighted by Crippen LogP contribution is -1.96. The van der Waals surface area contributed by atoms with E-state index < -0.39 is 0 Å². The van der Waals surface area contributed by atoms with Crippen molar-refractivity contribution >= 4 is 5.78 Å². The van der Waals surface area contributed by atoms with Crippen molar-refractivity contribution < 1.29 is 9.53 Å². The van der Waals surface area contributed by atoms with Gasteiger partial charge in [0.1, 0.15) is 11.5 Å². The summed E-state index contributed by atoms with van der Waals surface area (Å²) in [7, 11) is 0. The molecule has 3 nitrogen and oxygen atoms in total. The molecule has 2 aromatic rings. The number of ether oxygens (including phenoxy) is 1. The normalized spacial score (nSPS) is 9.80. The van der Waals surface area contributed by atoms with Crippen molar-refractivity contribution in [3.63, 3.8) is 0 Å². The van der Waals surface area contributed by atoms with Crippen molar-refractivity contribution in [1.29, 1.82) is 5.26 Å². The number of ketones is 1. The van der Waals surface area contributed by atoms with E-state index in [1.54, 1.807) is 12.1 Å². The molecule has 0 saturated carbocycles. The van der Waals surface area contributed by atoms with Crippen molar-refractivity contribution in [2.75, 3.05) is 0 Å². The van der Waals surface area contributed by atoms with Crippen molar-refractivity contribution in [3.8, 4) is 17.6 Å². The summed E-state index contributed by atoms with van der Waals surface area (Å²) in [4.78, 5) is 11.6. The van der Waals surface area contributed by atoms with Gasteiger partial charge >= 0.3 is 0 Å². The minimum Gasteiger partial charge on any atom is -0.457 e. The fourth-order valence-electron chi connectivity index (χ4n) is 1.84. The molecular formula is C17H15NO2. The van der Waals surface area contributed by atoms with Crippen LogP contribution in [0.15, 0.2) is 48.5 Å². The van der Waals surface area contributed by atoms with Crippen LogP contribution in [0.5, 0.6) is 11.5 Å². The maximum absolute atomic E-state index is 11.6. The average molecular weight is 265 g/mol. The zero-order valence-electron chi connectivity index (χ0n) is 11.3.